The summed E-state index contributed by atoms with van der Waals surface area (Å²) in [5.41, 5.74) is 0.501. The average Bonchev–Trinajstić information content (AvgIpc) is 2.71. The number of halogens is 1. The van der Waals surface area contributed by atoms with Crippen LogP contribution >= 0.6 is 0 Å². The van der Waals surface area contributed by atoms with E-state index in [1.807, 2.05) is 0 Å². The molecule has 176 valence electrons. The third-order valence-electron chi connectivity index (χ3n) is 4.29. The van der Waals surface area contributed by atoms with Gasteiger partial charge in [-0.1, -0.05) is 12.1 Å². The minimum atomic E-state index is -1.82. The van der Waals surface area contributed by atoms with Gasteiger partial charge in [0, 0.05) is 13.3 Å². The highest BCUT2D eigenvalue weighted by Crippen LogP contribution is 2.15. The Morgan fingerprint density at radius 1 is 1.00 bits per heavy atom. The molecular formula is C21H27FN2O8. The van der Waals surface area contributed by atoms with Gasteiger partial charge in [0.25, 0.3) is 0 Å². The van der Waals surface area contributed by atoms with Crippen LogP contribution in [0.4, 0.5) is 4.39 Å². The summed E-state index contributed by atoms with van der Waals surface area (Å²) < 4.78 is 22.8. The lowest BCUT2D eigenvalue weighted by Crippen LogP contribution is -2.55. The van der Waals surface area contributed by atoms with E-state index in [4.69, 9.17) is 9.47 Å². The fourth-order valence-corrected chi connectivity index (χ4v) is 2.89. The van der Waals surface area contributed by atoms with Crippen molar-refractivity contribution in [3.8, 4) is 0 Å². The van der Waals surface area contributed by atoms with Crippen molar-refractivity contribution in [1.29, 1.82) is 0 Å². The minimum Gasteiger partial charge on any atom is -0.480 e. The van der Waals surface area contributed by atoms with Crippen LogP contribution in [0.25, 0.3) is 0 Å². The summed E-state index contributed by atoms with van der Waals surface area (Å²) in [6, 6.07) is 2.13. The Kier molecular flexibility index (Phi) is 10.8. The number of hydrogen-bond acceptors (Lipinski definition) is 7. The van der Waals surface area contributed by atoms with E-state index >= 15 is 0 Å². The lowest BCUT2D eigenvalue weighted by Gasteiger charge is -2.25. The van der Waals surface area contributed by atoms with E-state index in [9.17, 15) is 33.5 Å². The standard InChI is InChI=1S/C21H27FN2O8/c1-4-31-17(26)11-15(21(30)32-5-2)18(20(28)29)24-19(27)16(23-12(3)25)10-13-6-8-14(22)9-7-13/h6-9,15-16,18H,4-5,10-11H2,1-3H3,(H,23,25)(H,24,27)(H,28,29)/t15-,16+,18+/m1/s1. The SMILES string of the molecule is CCOC(=O)C[C@@H](C(=O)OCC)[C@H](NC(=O)[C@H](Cc1ccc(F)cc1)NC(C)=O)C(=O)O. The molecule has 3 N–H and O–H groups in total. The van der Waals surface area contributed by atoms with Crippen molar-refractivity contribution < 1.29 is 42.9 Å². The minimum absolute atomic E-state index is 0.0146. The molecule has 0 aliphatic carbocycles. The molecule has 0 aromatic heterocycles. The van der Waals surface area contributed by atoms with Gasteiger partial charge in [0.05, 0.1) is 25.6 Å². The number of aliphatic carboxylic acids is 1. The third kappa shape index (κ3) is 8.70. The van der Waals surface area contributed by atoms with E-state index in [1.54, 1.807) is 6.92 Å². The van der Waals surface area contributed by atoms with Gasteiger partial charge in [-0.05, 0) is 31.5 Å². The largest absolute Gasteiger partial charge is 0.480 e. The van der Waals surface area contributed by atoms with Gasteiger partial charge >= 0.3 is 17.9 Å². The average molecular weight is 454 g/mol. The van der Waals surface area contributed by atoms with Gasteiger partial charge in [-0.3, -0.25) is 19.2 Å². The number of carboxylic acid groups (broad SMARTS) is 1. The van der Waals surface area contributed by atoms with Crippen molar-refractivity contribution in [1.82, 2.24) is 10.6 Å². The second kappa shape index (κ2) is 13.0. The van der Waals surface area contributed by atoms with Gasteiger partial charge in [0.15, 0.2) is 0 Å². The number of rotatable bonds is 12. The van der Waals surface area contributed by atoms with Gasteiger partial charge in [-0.15, -0.1) is 0 Å². The number of carboxylic acids is 1. The zero-order valence-electron chi connectivity index (χ0n) is 18.1. The Balaban J connectivity index is 3.13. The molecule has 2 amide bonds. The highest BCUT2D eigenvalue weighted by Gasteiger charge is 2.39. The number of hydrogen-bond donors (Lipinski definition) is 3. The third-order valence-corrected chi connectivity index (χ3v) is 4.29. The van der Waals surface area contributed by atoms with E-state index in [0.29, 0.717) is 5.56 Å². The molecule has 0 aliphatic rings. The van der Waals surface area contributed by atoms with E-state index in [-0.39, 0.29) is 19.6 Å². The predicted octanol–water partition coefficient (Wildman–Crippen LogP) is 0.575. The van der Waals surface area contributed by atoms with Crippen molar-refractivity contribution in [3.63, 3.8) is 0 Å². The lowest BCUT2D eigenvalue weighted by molar-refractivity contribution is -0.160. The number of benzene rings is 1. The predicted molar refractivity (Wildman–Crippen MR) is 109 cm³/mol. The smallest absolute Gasteiger partial charge is 0.327 e. The topological polar surface area (TPSA) is 148 Å². The van der Waals surface area contributed by atoms with Crippen molar-refractivity contribution in [2.24, 2.45) is 5.92 Å². The molecule has 0 bridgehead atoms. The first-order chi connectivity index (χ1) is 15.1. The number of carbonyl (C=O) groups excluding carboxylic acids is 4. The summed E-state index contributed by atoms with van der Waals surface area (Å²) in [7, 11) is 0. The Morgan fingerprint density at radius 2 is 1.59 bits per heavy atom. The molecule has 10 nitrogen and oxygen atoms in total. The van der Waals surface area contributed by atoms with E-state index < -0.39 is 60.0 Å². The summed E-state index contributed by atoms with van der Waals surface area (Å²) in [4.78, 5) is 60.5. The summed E-state index contributed by atoms with van der Waals surface area (Å²) in [5.74, 6) is -6.93. The molecule has 0 heterocycles. The molecule has 1 rings (SSSR count). The maximum absolute atomic E-state index is 13.1. The van der Waals surface area contributed by atoms with Crippen LogP contribution in [0.3, 0.4) is 0 Å². The molecule has 1 aromatic carbocycles. The maximum Gasteiger partial charge on any atom is 0.327 e. The summed E-state index contributed by atoms with van der Waals surface area (Å²) in [6.07, 6.45) is -0.702. The van der Waals surface area contributed by atoms with E-state index in [2.05, 4.69) is 10.6 Å². The first-order valence-electron chi connectivity index (χ1n) is 9.95. The molecule has 0 saturated heterocycles. The zero-order valence-corrected chi connectivity index (χ0v) is 18.1. The highest BCUT2D eigenvalue weighted by molar-refractivity contribution is 5.93. The van der Waals surface area contributed by atoms with Crippen molar-refractivity contribution in [2.75, 3.05) is 13.2 Å². The van der Waals surface area contributed by atoms with Crippen LogP contribution in [-0.2, 0) is 39.9 Å². The van der Waals surface area contributed by atoms with Crippen LogP contribution in [0.1, 0.15) is 32.8 Å². The molecule has 1 aromatic rings. The number of ether oxygens (including phenoxy) is 2. The number of amides is 2. The number of esters is 2. The van der Waals surface area contributed by atoms with Crippen LogP contribution in [0, 0.1) is 11.7 Å². The molecule has 0 aliphatic heterocycles. The normalized spacial score (nSPS) is 13.2. The lowest BCUT2D eigenvalue weighted by atomic mass is 9.95. The second-order valence-electron chi connectivity index (χ2n) is 6.78. The fraction of sp³-hybridized carbons (Fsp3) is 0.476. The van der Waals surface area contributed by atoms with Gasteiger partial charge in [0.1, 0.15) is 17.9 Å². The Morgan fingerprint density at radius 3 is 2.09 bits per heavy atom. The molecule has 0 unspecified atom stereocenters. The Hall–Kier alpha value is -3.50. The monoisotopic (exact) mass is 454 g/mol. The molecule has 0 spiro atoms. The highest BCUT2D eigenvalue weighted by atomic mass is 19.1. The molecular weight excluding hydrogens is 427 g/mol. The fourth-order valence-electron chi connectivity index (χ4n) is 2.89. The molecule has 11 heteroatoms. The van der Waals surface area contributed by atoms with Crippen molar-refractivity contribution >= 4 is 29.7 Å². The molecule has 32 heavy (non-hydrogen) atoms. The first kappa shape index (κ1) is 26.5. The maximum atomic E-state index is 13.1. The molecule has 0 saturated carbocycles. The van der Waals surface area contributed by atoms with E-state index in [0.717, 1.165) is 0 Å². The summed E-state index contributed by atoms with van der Waals surface area (Å²) in [6.45, 7) is 4.16. The van der Waals surface area contributed by atoms with Gasteiger partial charge < -0.3 is 25.2 Å². The van der Waals surface area contributed by atoms with E-state index in [1.165, 1.54) is 38.1 Å². The van der Waals surface area contributed by atoms with Gasteiger partial charge in [-0.25, -0.2) is 9.18 Å². The van der Waals surface area contributed by atoms with Crippen LogP contribution in [0.15, 0.2) is 24.3 Å². The zero-order chi connectivity index (χ0) is 24.3. The van der Waals surface area contributed by atoms with Crippen LogP contribution in [0.2, 0.25) is 0 Å². The Labute approximate surface area is 184 Å². The van der Waals surface area contributed by atoms with Crippen LogP contribution < -0.4 is 10.6 Å². The Bertz CT molecular complexity index is 828. The number of nitrogens with one attached hydrogen (secondary N) is 2. The van der Waals surface area contributed by atoms with Gasteiger partial charge in [0.2, 0.25) is 11.8 Å². The molecule has 0 fully saturated rings. The quantitative estimate of drug-likeness (QED) is 0.388. The molecule has 3 atom stereocenters. The first-order valence-corrected chi connectivity index (χ1v) is 9.95. The number of carbonyl (C=O) groups is 5. The van der Waals surface area contributed by atoms with Crippen LogP contribution in [-0.4, -0.2) is 60.1 Å². The van der Waals surface area contributed by atoms with Crippen LogP contribution in [0.5, 0.6) is 0 Å². The summed E-state index contributed by atoms with van der Waals surface area (Å²) >= 11 is 0. The van der Waals surface area contributed by atoms with Crippen molar-refractivity contribution in [2.45, 2.75) is 45.7 Å². The van der Waals surface area contributed by atoms with Gasteiger partial charge in [-0.2, -0.15) is 0 Å². The summed E-state index contributed by atoms with van der Waals surface area (Å²) in [5, 5.41) is 14.2. The van der Waals surface area contributed by atoms with Crippen molar-refractivity contribution in [3.05, 3.63) is 35.6 Å². The molecule has 0 radical (unpaired) electrons. The second-order valence-corrected chi connectivity index (χ2v) is 6.78.